The molecule has 1 N–H and O–H groups in total. The van der Waals surface area contributed by atoms with Gasteiger partial charge in [0.15, 0.2) is 0 Å². The van der Waals surface area contributed by atoms with Crippen LogP contribution in [0.1, 0.15) is 36.9 Å². The van der Waals surface area contributed by atoms with Gasteiger partial charge >= 0.3 is 0 Å². The van der Waals surface area contributed by atoms with E-state index in [0.717, 1.165) is 23.0 Å². The van der Waals surface area contributed by atoms with Crippen molar-refractivity contribution in [3.63, 3.8) is 0 Å². The minimum Gasteiger partial charge on any atom is -0.392 e. The summed E-state index contributed by atoms with van der Waals surface area (Å²) in [5.74, 6) is 1.30. The van der Waals surface area contributed by atoms with Crippen molar-refractivity contribution in [1.82, 2.24) is 4.98 Å². The number of nitrogens with zero attached hydrogens (tertiary/aromatic N) is 1. The number of hydrogen-bond acceptors (Lipinski definition) is 3. The van der Waals surface area contributed by atoms with Crippen LogP contribution >= 0.6 is 11.3 Å². The number of thiazole rings is 1. The van der Waals surface area contributed by atoms with Gasteiger partial charge in [0.25, 0.3) is 0 Å². The van der Waals surface area contributed by atoms with Crippen molar-refractivity contribution < 1.29 is 5.11 Å². The molecule has 1 aliphatic carbocycles. The number of aryl methyl sites for hydroxylation is 1. The van der Waals surface area contributed by atoms with Crippen molar-refractivity contribution in [2.45, 2.75) is 45.6 Å². The molecule has 0 aliphatic heterocycles. The summed E-state index contributed by atoms with van der Waals surface area (Å²) in [5, 5.41) is 13.2. The van der Waals surface area contributed by atoms with E-state index >= 15 is 0 Å². The normalized spacial score (nSPS) is 28.2. The van der Waals surface area contributed by atoms with Gasteiger partial charge in [0, 0.05) is 17.5 Å². The largest absolute Gasteiger partial charge is 0.392 e. The van der Waals surface area contributed by atoms with E-state index in [0.29, 0.717) is 5.92 Å². The fourth-order valence-electron chi connectivity index (χ4n) is 2.44. The van der Waals surface area contributed by atoms with Crippen molar-refractivity contribution in [3.8, 4) is 0 Å². The zero-order valence-electron chi connectivity index (χ0n) is 9.44. The fourth-order valence-corrected chi connectivity index (χ4v) is 3.27. The van der Waals surface area contributed by atoms with Crippen LogP contribution in [0, 0.1) is 18.8 Å². The summed E-state index contributed by atoms with van der Waals surface area (Å²) in [4.78, 5) is 4.40. The van der Waals surface area contributed by atoms with E-state index in [1.54, 1.807) is 11.3 Å². The Morgan fingerprint density at radius 2 is 2.40 bits per heavy atom. The molecule has 0 amide bonds. The maximum atomic E-state index is 10.1. The van der Waals surface area contributed by atoms with Crippen LogP contribution in [-0.4, -0.2) is 16.2 Å². The van der Waals surface area contributed by atoms with Gasteiger partial charge in [-0.25, -0.2) is 4.98 Å². The molecule has 0 saturated heterocycles. The molecular weight excluding hydrogens is 206 g/mol. The molecule has 15 heavy (non-hydrogen) atoms. The topological polar surface area (TPSA) is 33.1 Å². The summed E-state index contributed by atoms with van der Waals surface area (Å²) >= 11 is 1.67. The van der Waals surface area contributed by atoms with E-state index in [2.05, 4.69) is 17.3 Å². The van der Waals surface area contributed by atoms with Crippen LogP contribution in [0.5, 0.6) is 0 Å². The highest BCUT2D eigenvalue weighted by Gasteiger charge is 2.27. The first kappa shape index (κ1) is 11.1. The summed E-state index contributed by atoms with van der Waals surface area (Å²) in [7, 11) is 0. The lowest BCUT2D eigenvalue weighted by molar-refractivity contribution is 0.109. The molecule has 0 aromatic carbocycles. The van der Waals surface area contributed by atoms with E-state index in [-0.39, 0.29) is 6.10 Å². The average molecular weight is 225 g/mol. The Kier molecular flexibility index (Phi) is 3.42. The molecule has 0 spiro atoms. The zero-order chi connectivity index (χ0) is 10.8. The quantitative estimate of drug-likeness (QED) is 0.858. The van der Waals surface area contributed by atoms with Crippen molar-refractivity contribution in [2.75, 3.05) is 0 Å². The summed E-state index contributed by atoms with van der Waals surface area (Å²) < 4.78 is 0. The van der Waals surface area contributed by atoms with Crippen LogP contribution in [0.4, 0.5) is 0 Å². The molecule has 3 atom stereocenters. The molecule has 3 heteroatoms. The van der Waals surface area contributed by atoms with Crippen molar-refractivity contribution in [2.24, 2.45) is 11.8 Å². The van der Waals surface area contributed by atoms with E-state index in [1.165, 1.54) is 19.3 Å². The molecule has 2 nitrogen and oxygen atoms in total. The van der Waals surface area contributed by atoms with Crippen LogP contribution < -0.4 is 0 Å². The number of rotatable bonds is 3. The predicted octanol–water partition coefficient (Wildman–Crippen LogP) is 2.79. The van der Waals surface area contributed by atoms with Gasteiger partial charge in [-0.3, -0.25) is 0 Å². The first-order valence-corrected chi connectivity index (χ1v) is 6.62. The van der Waals surface area contributed by atoms with E-state index in [9.17, 15) is 5.11 Å². The van der Waals surface area contributed by atoms with E-state index in [4.69, 9.17) is 0 Å². The molecule has 1 heterocycles. The Hall–Kier alpha value is -0.410. The summed E-state index contributed by atoms with van der Waals surface area (Å²) in [5.41, 5.74) is 1.07. The third-order valence-corrected chi connectivity index (χ3v) is 4.32. The van der Waals surface area contributed by atoms with Crippen molar-refractivity contribution >= 4 is 11.3 Å². The molecule has 0 radical (unpaired) electrons. The zero-order valence-corrected chi connectivity index (χ0v) is 10.3. The average Bonchev–Trinajstić information content (AvgIpc) is 2.75. The Bertz CT molecular complexity index is 323. The highest BCUT2D eigenvalue weighted by molar-refractivity contribution is 7.09. The van der Waals surface area contributed by atoms with E-state index in [1.807, 2.05) is 6.92 Å². The lowest BCUT2D eigenvalue weighted by Crippen LogP contribution is -2.20. The summed E-state index contributed by atoms with van der Waals surface area (Å²) in [6.45, 7) is 4.28. The van der Waals surface area contributed by atoms with Gasteiger partial charge in [-0.1, -0.05) is 13.3 Å². The van der Waals surface area contributed by atoms with Gasteiger partial charge in [0.2, 0.25) is 0 Å². The second-order valence-electron chi connectivity index (χ2n) is 4.83. The Labute approximate surface area is 95.4 Å². The first-order chi connectivity index (χ1) is 7.15. The molecule has 2 rings (SSSR count). The van der Waals surface area contributed by atoms with Crippen molar-refractivity contribution in [1.29, 1.82) is 0 Å². The highest BCUT2D eigenvalue weighted by Crippen LogP contribution is 2.33. The second-order valence-corrected chi connectivity index (χ2v) is 5.78. The van der Waals surface area contributed by atoms with Gasteiger partial charge < -0.3 is 5.11 Å². The first-order valence-electron chi connectivity index (χ1n) is 5.74. The molecule has 1 aliphatic rings. The SMILES string of the molecule is Cc1csc(CC(O)C2CCC(C)C2)n1. The smallest absolute Gasteiger partial charge is 0.0954 e. The second kappa shape index (κ2) is 4.62. The van der Waals surface area contributed by atoms with Crippen LogP contribution in [0.3, 0.4) is 0 Å². The van der Waals surface area contributed by atoms with Gasteiger partial charge in [-0.05, 0) is 31.6 Å². The fraction of sp³-hybridized carbons (Fsp3) is 0.750. The minimum absolute atomic E-state index is 0.180. The number of hydrogen-bond donors (Lipinski definition) is 1. The molecule has 84 valence electrons. The Morgan fingerprint density at radius 1 is 1.60 bits per heavy atom. The van der Waals surface area contributed by atoms with Crippen LogP contribution in [0.2, 0.25) is 0 Å². The summed E-state index contributed by atoms with van der Waals surface area (Å²) in [6.07, 6.45) is 4.22. The van der Waals surface area contributed by atoms with Crippen molar-refractivity contribution in [3.05, 3.63) is 16.1 Å². The standard InChI is InChI=1S/C12H19NOS/c1-8-3-4-10(5-8)11(14)6-12-13-9(2)7-15-12/h7-8,10-11,14H,3-6H2,1-2H3. The van der Waals surface area contributed by atoms with Gasteiger partial charge in [-0.15, -0.1) is 11.3 Å². The van der Waals surface area contributed by atoms with E-state index < -0.39 is 0 Å². The van der Waals surface area contributed by atoms with Crippen LogP contribution in [0.15, 0.2) is 5.38 Å². The Balaban J connectivity index is 1.89. The summed E-state index contributed by atoms with van der Waals surface area (Å²) in [6, 6.07) is 0. The predicted molar refractivity (Wildman–Crippen MR) is 63.1 cm³/mol. The third kappa shape index (κ3) is 2.79. The minimum atomic E-state index is -0.180. The highest BCUT2D eigenvalue weighted by atomic mass is 32.1. The number of aromatic nitrogens is 1. The lowest BCUT2D eigenvalue weighted by Gasteiger charge is -2.16. The van der Waals surface area contributed by atoms with Crippen LogP contribution in [0.25, 0.3) is 0 Å². The maximum Gasteiger partial charge on any atom is 0.0954 e. The molecule has 0 bridgehead atoms. The molecule has 3 unspecified atom stereocenters. The molecule has 1 saturated carbocycles. The number of aliphatic hydroxyl groups excluding tert-OH is 1. The Morgan fingerprint density at radius 3 is 2.93 bits per heavy atom. The van der Waals surface area contributed by atoms with Gasteiger partial charge in [0.05, 0.1) is 11.1 Å². The monoisotopic (exact) mass is 225 g/mol. The van der Waals surface area contributed by atoms with Crippen LogP contribution in [-0.2, 0) is 6.42 Å². The maximum absolute atomic E-state index is 10.1. The third-order valence-electron chi connectivity index (χ3n) is 3.33. The molecule has 1 fully saturated rings. The number of aliphatic hydroxyl groups is 1. The molecule has 1 aromatic heterocycles. The van der Waals surface area contributed by atoms with Gasteiger partial charge in [0.1, 0.15) is 0 Å². The molecular formula is C12H19NOS. The lowest BCUT2D eigenvalue weighted by atomic mass is 9.97. The van der Waals surface area contributed by atoms with Gasteiger partial charge in [-0.2, -0.15) is 0 Å². The molecule has 1 aromatic rings.